The van der Waals surface area contributed by atoms with Gasteiger partial charge >= 0.3 is 66.1 Å². The lowest BCUT2D eigenvalue weighted by Crippen LogP contribution is -2.32. The number of ether oxygens (including phenoxy) is 9. The maximum Gasteiger partial charge on any atom is 0.425 e. The minimum absolute atomic E-state index is 0.107. The number of hydrogen-bond acceptors (Lipinski definition) is 18. The molecule has 0 aliphatic heterocycles. The van der Waals surface area contributed by atoms with E-state index in [9.17, 15) is 87.1 Å². The van der Waals surface area contributed by atoms with Gasteiger partial charge in [0.1, 0.15) is 32.8 Å². The van der Waals surface area contributed by atoms with Gasteiger partial charge < -0.3 is 42.6 Å². The number of rotatable bonds is 30. The van der Waals surface area contributed by atoms with Crippen LogP contribution < -0.4 is 0 Å². The SMILES string of the molecule is CCC(C)(C)C(=O)OCCOC(=O)CCC(=O)OCCC(F)(F)CC(C)(F)F.CCC(C)(C)C(=O)OCCOC(=O)CCC(=O)OCCC(F)(F)F.CCC(C)(C)C(=O)OCOC(=O)CC(=O)OC(C)C(F)(F)F. The molecule has 74 heavy (non-hydrogen) atoms. The van der Waals surface area contributed by atoms with Crippen LogP contribution in [0.15, 0.2) is 0 Å². The molecule has 28 heteroatoms. The lowest BCUT2D eigenvalue weighted by atomic mass is 9.91. The molecule has 0 aliphatic carbocycles. The van der Waals surface area contributed by atoms with Gasteiger partial charge in [-0.1, -0.05) is 20.8 Å². The minimum atomic E-state index is -4.71. The highest BCUT2D eigenvalue weighted by molar-refractivity contribution is 5.91. The van der Waals surface area contributed by atoms with Crippen molar-refractivity contribution in [1.82, 2.24) is 0 Å². The molecule has 432 valence electrons. The van der Waals surface area contributed by atoms with Gasteiger partial charge in [-0.25, -0.2) is 17.6 Å². The van der Waals surface area contributed by atoms with E-state index in [-0.39, 0.29) is 45.7 Å². The van der Waals surface area contributed by atoms with Crippen molar-refractivity contribution in [1.29, 1.82) is 0 Å². The predicted octanol–water partition coefficient (Wildman–Crippen LogP) is 9.04. The average molecular weight is 1100 g/mol. The molecule has 0 rings (SSSR count). The number of carbonyl (C=O) groups excluding carboxylic acids is 9. The fourth-order valence-electron chi connectivity index (χ4n) is 4.06. The molecular weight excluding hydrogens is 1030 g/mol. The van der Waals surface area contributed by atoms with Gasteiger partial charge in [-0.2, -0.15) is 26.3 Å². The molecule has 0 aromatic rings. The molecule has 0 aromatic carbocycles. The van der Waals surface area contributed by atoms with Crippen LogP contribution in [0.5, 0.6) is 0 Å². The molecule has 1 atom stereocenters. The summed E-state index contributed by atoms with van der Waals surface area (Å²) in [6, 6.07) is 0. The van der Waals surface area contributed by atoms with Crippen molar-refractivity contribution in [2.75, 3.05) is 46.4 Å². The third kappa shape index (κ3) is 39.1. The van der Waals surface area contributed by atoms with Crippen LogP contribution in [0.25, 0.3) is 0 Å². The largest absolute Gasteiger partial charge is 0.465 e. The van der Waals surface area contributed by atoms with Crippen LogP contribution in [-0.2, 0) is 85.8 Å². The highest BCUT2D eigenvalue weighted by atomic mass is 19.4. The fourth-order valence-corrected chi connectivity index (χ4v) is 4.06. The first-order valence-corrected chi connectivity index (χ1v) is 22.9. The Labute approximate surface area is 422 Å². The lowest BCUT2D eigenvalue weighted by Gasteiger charge is -2.20. The van der Waals surface area contributed by atoms with E-state index in [1.54, 1.807) is 48.5 Å². The second-order valence-corrected chi connectivity index (χ2v) is 18.0. The molecule has 0 radical (unpaired) electrons. The van der Waals surface area contributed by atoms with Crippen LogP contribution in [0.1, 0.15) is 147 Å². The molecule has 0 aliphatic rings. The average Bonchev–Trinajstić information content (AvgIpc) is 3.26. The summed E-state index contributed by atoms with van der Waals surface area (Å²) in [6.07, 6.45) is -16.1. The predicted molar refractivity (Wildman–Crippen MR) is 235 cm³/mol. The third-order valence-corrected chi connectivity index (χ3v) is 9.95. The number of hydrogen-bond donors (Lipinski definition) is 0. The van der Waals surface area contributed by atoms with Crippen LogP contribution in [-0.4, -0.2) is 130 Å². The number of carbonyl (C=O) groups is 9. The van der Waals surface area contributed by atoms with Crippen LogP contribution in [0, 0.1) is 16.2 Å². The summed E-state index contributed by atoms with van der Waals surface area (Å²) >= 11 is 0. The highest BCUT2D eigenvalue weighted by Gasteiger charge is 2.41. The molecule has 0 saturated carbocycles. The summed E-state index contributed by atoms with van der Waals surface area (Å²) in [5.41, 5.74) is -2.02. The van der Waals surface area contributed by atoms with E-state index in [2.05, 4.69) is 23.7 Å². The van der Waals surface area contributed by atoms with Crippen LogP contribution in [0.3, 0.4) is 0 Å². The molecule has 0 fully saturated rings. The maximum absolute atomic E-state index is 13.2. The maximum atomic E-state index is 13.2. The molecular formula is C46H70F10O18. The zero-order chi connectivity index (χ0) is 58.4. The second-order valence-electron chi connectivity index (χ2n) is 18.0. The number of esters is 9. The van der Waals surface area contributed by atoms with Gasteiger partial charge in [0.25, 0.3) is 11.8 Å². The van der Waals surface area contributed by atoms with E-state index < -0.39 is 152 Å². The quantitative estimate of drug-likeness (QED) is 0.0163. The summed E-state index contributed by atoms with van der Waals surface area (Å²) < 4.78 is 165. The smallest absolute Gasteiger partial charge is 0.425 e. The highest BCUT2D eigenvalue weighted by Crippen LogP contribution is 2.32. The molecule has 0 amide bonds. The standard InChI is InChI=1S/C18H28F4O6.C15H23F3O6.C13H19F3O6/c1-5-16(2,3)15(25)28-11-10-27-14(24)7-6-13(23)26-9-8-18(21,22)12-17(4,19)20;1-4-14(2,3)13(21)24-10-9-23-12(20)6-5-11(19)22-8-7-15(16,17)18;1-5-12(3,4)11(19)21-7-20-9(17)6-10(18)22-8(2)13(14,15)16/h5-12H2,1-4H3;4-10H2,1-3H3;8H,5-7H2,1-4H3. The third-order valence-electron chi connectivity index (χ3n) is 9.95. The molecule has 0 aromatic heterocycles. The van der Waals surface area contributed by atoms with Crippen LogP contribution in [0.4, 0.5) is 43.9 Å². The topological polar surface area (TPSA) is 237 Å². The van der Waals surface area contributed by atoms with Crippen molar-refractivity contribution in [3.05, 3.63) is 0 Å². The van der Waals surface area contributed by atoms with Crippen molar-refractivity contribution in [3.8, 4) is 0 Å². The Morgan fingerprint density at radius 3 is 1.05 bits per heavy atom. The zero-order valence-electron chi connectivity index (χ0n) is 43.4. The van der Waals surface area contributed by atoms with Crippen molar-refractivity contribution in [2.45, 2.75) is 177 Å². The summed E-state index contributed by atoms with van der Waals surface area (Å²) in [4.78, 5) is 102. The van der Waals surface area contributed by atoms with Gasteiger partial charge in [0.2, 0.25) is 6.79 Å². The Kier molecular flexibility index (Phi) is 33.6. The van der Waals surface area contributed by atoms with Gasteiger partial charge in [-0.05, 0) is 74.7 Å². The van der Waals surface area contributed by atoms with Crippen molar-refractivity contribution in [3.63, 3.8) is 0 Å². The number of halogens is 10. The Balaban J connectivity index is -0.00000103. The van der Waals surface area contributed by atoms with Crippen molar-refractivity contribution < 1.29 is 130 Å². The van der Waals surface area contributed by atoms with E-state index in [4.69, 9.17) is 18.9 Å². The Bertz CT molecular complexity index is 1770. The minimum Gasteiger partial charge on any atom is -0.465 e. The first kappa shape index (κ1) is 72.8. The van der Waals surface area contributed by atoms with E-state index in [0.29, 0.717) is 33.1 Å². The Morgan fingerprint density at radius 1 is 0.405 bits per heavy atom. The lowest BCUT2D eigenvalue weighted by molar-refractivity contribution is -0.217. The molecule has 0 spiro atoms. The molecule has 0 N–H and O–H groups in total. The summed E-state index contributed by atoms with van der Waals surface area (Å²) in [6.45, 7) is 13.8. The zero-order valence-corrected chi connectivity index (χ0v) is 43.4. The molecule has 1 unspecified atom stereocenters. The normalized spacial score (nSPS) is 12.4. The summed E-state index contributed by atoms with van der Waals surface area (Å²) in [5.74, 6) is -14.5. The first-order chi connectivity index (χ1) is 33.6. The van der Waals surface area contributed by atoms with Gasteiger partial charge in [0.05, 0.1) is 68.0 Å². The van der Waals surface area contributed by atoms with Crippen molar-refractivity contribution >= 4 is 53.7 Å². The van der Waals surface area contributed by atoms with Crippen molar-refractivity contribution in [2.24, 2.45) is 16.2 Å². The van der Waals surface area contributed by atoms with E-state index in [1.165, 1.54) is 0 Å². The van der Waals surface area contributed by atoms with Crippen LogP contribution >= 0.6 is 0 Å². The number of alkyl halides is 10. The summed E-state index contributed by atoms with van der Waals surface area (Å²) in [7, 11) is 0. The molecule has 0 heterocycles. The Morgan fingerprint density at radius 2 is 0.730 bits per heavy atom. The van der Waals surface area contributed by atoms with Gasteiger partial charge in [-0.3, -0.25) is 43.2 Å². The molecule has 0 saturated heterocycles. The van der Waals surface area contributed by atoms with Crippen LogP contribution in [0.2, 0.25) is 0 Å². The van der Waals surface area contributed by atoms with E-state index in [1.807, 2.05) is 13.8 Å². The Hall–Kier alpha value is -5.47. The summed E-state index contributed by atoms with van der Waals surface area (Å²) in [5, 5.41) is 0. The second kappa shape index (κ2) is 34.2. The van der Waals surface area contributed by atoms with E-state index >= 15 is 0 Å². The van der Waals surface area contributed by atoms with Gasteiger partial charge in [0, 0.05) is 6.42 Å². The van der Waals surface area contributed by atoms with Gasteiger partial charge in [0.15, 0.2) is 6.10 Å². The van der Waals surface area contributed by atoms with E-state index in [0.717, 1.165) is 0 Å². The fraction of sp³-hybridized carbons (Fsp3) is 0.804. The molecule has 0 bridgehead atoms. The van der Waals surface area contributed by atoms with Gasteiger partial charge in [-0.15, -0.1) is 0 Å². The molecule has 18 nitrogen and oxygen atoms in total. The first-order valence-electron chi connectivity index (χ1n) is 22.9. The monoisotopic (exact) mass is 1100 g/mol.